The molecule has 0 amide bonds. The first kappa shape index (κ1) is 14.3. The van der Waals surface area contributed by atoms with E-state index in [-0.39, 0.29) is 0 Å². The summed E-state index contributed by atoms with van der Waals surface area (Å²) in [5, 5.41) is 3.80. The van der Waals surface area contributed by atoms with Gasteiger partial charge in [-0.25, -0.2) is 0 Å². The van der Waals surface area contributed by atoms with E-state index in [1.807, 2.05) is 7.11 Å². The van der Waals surface area contributed by atoms with Gasteiger partial charge in [0.2, 0.25) is 0 Å². The van der Waals surface area contributed by atoms with Crippen LogP contribution in [-0.2, 0) is 4.74 Å². The molecule has 3 heteroatoms. The van der Waals surface area contributed by atoms with Crippen LogP contribution in [0.2, 0.25) is 0 Å². The molecule has 2 fully saturated rings. The summed E-state index contributed by atoms with van der Waals surface area (Å²) < 4.78 is 5.69. The van der Waals surface area contributed by atoms with E-state index in [4.69, 9.17) is 4.74 Å². The normalized spacial score (nSPS) is 33.5. The van der Waals surface area contributed by atoms with Gasteiger partial charge in [-0.2, -0.15) is 0 Å². The van der Waals surface area contributed by atoms with Crippen LogP contribution in [0.4, 0.5) is 0 Å². The summed E-state index contributed by atoms with van der Waals surface area (Å²) in [6.07, 6.45) is 8.09. The average molecular weight is 254 g/mol. The molecule has 18 heavy (non-hydrogen) atoms. The van der Waals surface area contributed by atoms with Crippen LogP contribution < -0.4 is 5.32 Å². The third-order valence-electron chi connectivity index (χ3n) is 5.17. The molecule has 2 rings (SSSR count). The number of methoxy groups -OCH3 is 1. The van der Waals surface area contributed by atoms with Crippen molar-refractivity contribution < 1.29 is 4.74 Å². The van der Waals surface area contributed by atoms with Crippen molar-refractivity contribution in [1.82, 2.24) is 10.2 Å². The highest BCUT2D eigenvalue weighted by Gasteiger charge is 2.37. The molecule has 3 nitrogen and oxygen atoms in total. The van der Waals surface area contributed by atoms with Crippen molar-refractivity contribution >= 4 is 0 Å². The fraction of sp³-hybridized carbons (Fsp3) is 1.00. The van der Waals surface area contributed by atoms with Gasteiger partial charge in [-0.3, -0.25) is 4.90 Å². The van der Waals surface area contributed by atoms with Crippen LogP contribution in [0.1, 0.15) is 52.4 Å². The summed E-state index contributed by atoms with van der Waals surface area (Å²) in [6, 6.07) is 0.660. The molecule has 0 spiro atoms. The Morgan fingerprint density at radius 2 is 2.00 bits per heavy atom. The molecule has 1 heterocycles. The van der Waals surface area contributed by atoms with Gasteiger partial charge in [-0.15, -0.1) is 0 Å². The number of rotatable bonds is 4. The van der Waals surface area contributed by atoms with Crippen LogP contribution in [0.15, 0.2) is 0 Å². The molecule has 2 unspecified atom stereocenters. The lowest BCUT2D eigenvalue weighted by Crippen LogP contribution is -2.54. The van der Waals surface area contributed by atoms with Gasteiger partial charge in [-0.1, -0.05) is 13.8 Å². The third-order valence-corrected chi connectivity index (χ3v) is 5.17. The van der Waals surface area contributed by atoms with E-state index in [9.17, 15) is 0 Å². The van der Waals surface area contributed by atoms with Crippen molar-refractivity contribution in [3.05, 3.63) is 0 Å². The Morgan fingerprint density at radius 3 is 2.67 bits per heavy atom. The highest BCUT2D eigenvalue weighted by atomic mass is 16.5. The van der Waals surface area contributed by atoms with Crippen molar-refractivity contribution in [2.75, 3.05) is 26.7 Å². The summed E-state index contributed by atoms with van der Waals surface area (Å²) in [5.74, 6) is 0. The van der Waals surface area contributed by atoms with Gasteiger partial charge in [0.05, 0.1) is 6.10 Å². The number of hydrogen-bond donors (Lipinski definition) is 1. The summed E-state index contributed by atoms with van der Waals surface area (Å²) in [7, 11) is 1.88. The predicted octanol–water partition coefficient (Wildman–Crippen LogP) is 2.41. The molecule has 2 aliphatic rings. The summed E-state index contributed by atoms with van der Waals surface area (Å²) >= 11 is 0. The number of ether oxygens (including phenoxy) is 1. The van der Waals surface area contributed by atoms with E-state index < -0.39 is 0 Å². The highest BCUT2D eigenvalue weighted by molar-refractivity contribution is 4.96. The molecule has 1 aliphatic carbocycles. The Bertz CT molecular complexity index is 253. The Balaban J connectivity index is 2.06. The van der Waals surface area contributed by atoms with Crippen LogP contribution >= 0.6 is 0 Å². The number of nitrogens with one attached hydrogen (secondary N) is 1. The molecule has 1 aliphatic heterocycles. The standard InChI is InChI=1S/C15H30N2O/c1-4-15(5-2)12-17(11-7-10-16-15)13-8-6-9-14(13)18-3/h13-14,16H,4-12H2,1-3H3. The zero-order valence-electron chi connectivity index (χ0n) is 12.4. The Labute approximate surface area is 112 Å². The van der Waals surface area contributed by atoms with Gasteiger partial charge in [0.25, 0.3) is 0 Å². The summed E-state index contributed by atoms with van der Waals surface area (Å²) in [4.78, 5) is 2.72. The lowest BCUT2D eigenvalue weighted by molar-refractivity contribution is 0.0245. The summed E-state index contributed by atoms with van der Waals surface area (Å²) in [6.45, 7) is 8.25. The first-order chi connectivity index (χ1) is 8.74. The maximum absolute atomic E-state index is 5.69. The second-order valence-corrected chi connectivity index (χ2v) is 6.01. The van der Waals surface area contributed by atoms with E-state index >= 15 is 0 Å². The largest absolute Gasteiger partial charge is 0.380 e. The maximum Gasteiger partial charge on any atom is 0.0726 e. The third kappa shape index (κ3) is 2.89. The number of nitrogens with zero attached hydrogens (tertiary/aromatic N) is 1. The van der Waals surface area contributed by atoms with E-state index in [1.165, 1.54) is 58.2 Å². The minimum absolute atomic E-state index is 0.331. The highest BCUT2D eigenvalue weighted by Crippen LogP contribution is 2.30. The lowest BCUT2D eigenvalue weighted by atomic mass is 9.91. The Kier molecular flexibility index (Phi) is 5.05. The molecule has 0 aromatic heterocycles. The zero-order chi connectivity index (χ0) is 13.0. The smallest absolute Gasteiger partial charge is 0.0726 e. The zero-order valence-corrected chi connectivity index (χ0v) is 12.4. The predicted molar refractivity (Wildman–Crippen MR) is 75.9 cm³/mol. The lowest BCUT2D eigenvalue weighted by Gasteiger charge is -2.39. The molecule has 0 bridgehead atoms. The molecule has 0 aromatic carbocycles. The first-order valence-corrected chi connectivity index (χ1v) is 7.76. The average Bonchev–Trinajstić information content (AvgIpc) is 2.78. The maximum atomic E-state index is 5.69. The topological polar surface area (TPSA) is 24.5 Å². The van der Waals surface area contributed by atoms with Crippen molar-refractivity contribution in [2.45, 2.75) is 70.1 Å². The van der Waals surface area contributed by atoms with Crippen molar-refractivity contribution in [3.63, 3.8) is 0 Å². The van der Waals surface area contributed by atoms with Gasteiger partial charge < -0.3 is 10.1 Å². The second kappa shape index (κ2) is 6.36. The molecule has 106 valence electrons. The van der Waals surface area contributed by atoms with Crippen LogP contribution in [-0.4, -0.2) is 49.3 Å². The Morgan fingerprint density at radius 1 is 1.22 bits per heavy atom. The number of hydrogen-bond acceptors (Lipinski definition) is 3. The van der Waals surface area contributed by atoms with Gasteiger partial charge >= 0.3 is 0 Å². The van der Waals surface area contributed by atoms with Crippen LogP contribution in [0, 0.1) is 0 Å². The van der Waals surface area contributed by atoms with E-state index in [0.717, 1.165) is 0 Å². The van der Waals surface area contributed by atoms with Crippen molar-refractivity contribution in [2.24, 2.45) is 0 Å². The van der Waals surface area contributed by atoms with Gasteiger partial charge in [0.1, 0.15) is 0 Å². The minimum atomic E-state index is 0.331. The second-order valence-electron chi connectivity index (χ2n) is 6.01. The fourth-order valence-corrected chi connectivity index (χ4v) is 3.77. The van der Waals surface area contributed by atoms with Gasteiger partial charge in [0.15, 0.2) is 0 Å². The van der Waals surface area contributed by atoms with E-state index in [0.29, 0.717) is 17.7 Å². The molecule has 2 atom stereocenters. The van der Waals surface area contributed by atoms with Crippen LogP contribution in [0.3, 0.4) is 0 Å². The minimum Gasteiger partial charge on any atom is -0.380 e. The molecule has 1 N–H and O–H groups in total. The van der Waals surface area contributed by atoms with Crippen LogP contribution in [0.5, 0.6) is 0 Å². The van der Waals surface area contributed by atoms with Crippen molar-refractivity contribution in [3.8, 4) is 0 Å². The van der Waals surface area contributed by atoms with Gasteiger partial charge in [-0.05, 0) is 51.6 Å². The van der Waals surface area contributed by atoms with Crippen molar-refractivity contribution in [1.29, 1.82) is 0 Å². The van der Waals surface area contributed by atoms with E-state index in [2.05, 4.69) is 24.1 Å². The fourth-order valence-electron chi connectivity index (χ4n) is 3.77. The quantitative estimate of drug-likeness (QED) is 0.834. The SMILES string of the molecule is CCC1(CC)CN(C2CCCC2OC)CCCN1. The molecular formula is C15H30N2O. The van der Waals surface area contributed by atoms with Gasteiger partial charge in [0, 0.05) is 25.2 Å². The first-order valence-electron chi connectivity index (χ1n) is 7.76. The molecule has 1 saturated heterocycles. The summed E-state index contributed by atoms with van der Waals surface area (Å²) in [5.41, 5.74) is 0.331. The molecule has 0 aromatic rings. The monoisotopic (exact) mass is 254 g/mol. The Hall–Kier alpha value is -0.120. The molecule has 1 saturated carbocycles. The van der Waals surface area contributed by atoms with Crippen LogP contribution in [0.25, 0.3) is 0 Å². The molecule has 0 radical (unpaired) electrons. The van der Waals surface area contributed by atoms with E-state index in [1.54, 1.807) is 0 Å². The molecular weight excluding hydrogens is 224 g/mol.